The van der Waals surface area contributed by atoms with Gasteiger partial charge in [-0.15, -0.1) is 0 Å². The third-order valence-electron chi connectivity index (χ3n) is 2.74. The second-order valence-corrected chi connectivity index (χ2v) is 4.82. The minimum absolute atomic E-state index is 0.0577. The minimum atomic E-state index is -0.480. The Balaban J connectivity index is 2.42. The van der Waals surface area contributed by atoms with Gasteiger partial charge in [0.15, 0.2) is 0 Å². The Kier molecular flexibility index (Phi) is 5.99. The van der Waals surface area contributed by atoms with E-state index < -0.39 is 6.04 Å². The van der Waals surface area contributed by atoms with Crippen molar-refractivity contribution in [2.45, 2.75) is 33.2 Å². The van der Waals surface area contributed by atoms with E-state index in [0.717, 1.165) is 12.0 Å². The molecule has 1 unspecified atom stereocenters. The van der Waals surface area contributed by atoms with Gasteiger partial charge in [0.1, 0.15) is 6.04 Å². The molecule has 1 rings (SSSR count). The molecule has 0 aromatic carbocycles. The second kappa shape index (κ2) is 7.51. The van der Waals surface area contributed by atoms with Gasteiger partial charge >= 0.3 is 0 Å². The van der Waals surface area contributed by atoms with Gasteiger partial charge in [-0.25, -0.2) is 0 Å². The van der Waals surface area contributed by atoms with Crippen LogP contribution >= 0.6 is 0 Å². The molecule has 0 fully saturated rings. The monoisotopic (exact) mass is 263 g/mol. The van der Waals surface area contributed by atoms with Crippen LogP contribution in [-0.2, 0) is 16.0 Å². The summed E-state index contributed by atoms with van der Waals surface area (Å²) in [6, 6.07) is 3.35. The molecule has 0 aliphatic rings. The molecule has 0 aliphatic heterocycles. The quantitative estimate of drug-likeness (QED) is 0.801. The van der Waals surface area contributed by atoms with Crippen molar-refractivity contribution >= 4 is 11.8 Å². The van der Waals surface area contributed by atoms with Gasteiger partial charge in [-0.05, 0) is 24.0 Å². The first kappa shape index (κ1) is 15.1. The molecule has 2 amide bonds. The number of nitrogens with zero attached hydrogens (tertiary/aromatic N) is 1. The molecule has 1 heterocycles. The van der Waals surface area contributed by atoms with E-state index in [-0.39, 0.29) is 17.7 Å². The second-order valence-electron chi connectivity index (χ2n) is 4.82. The first-order valence-electron chi connectivity index (χ1n) is 6.44. The van der Waals surface area contributed by atoms with Crippen molar-refractivity contribution in [2.75, 3.05) is 6.54 Å². The van der Waals surface area contributed by atoms with Gasteiger partial charge in [-0.3, -0.25) is 14.6 Å². The molecule has 0 bridgehead atoms. The van der Waals surface area contributed by atoms with E-state index in [2.05, 4.69) is 15.6 Å². The van der Waals surface area contributed by atoms with Gasteiger partial charge in [0.25, 0.3) is 0 Å². The van der Waals surface area contributed by atoms with E-state index in [0.29, 0.717) is 6.54 Å². The number of aromatic nitrogens is 1. The molecule has 5 nitrogen and oxygen atoms in total. The summed E-state index contributed by atoms with van der Waals surface area (Å²) in [5.41, 5.74) is 1.07. The lowest BCUT2D eigenvalue weighted by Crippen LogP contribution is -2.49. The SMILES string of the molecule is CC(=O)NC(C(=O)NCCc1cccnc1)C(C)C. The minimum Gasteiger partial charge on any atom is -0.354 e. The Morgan fingerprint density at radius 2 is 2.11 bits per heavy atom. The number of carbonyl (C=O) groups is 2. The molecule has 0 saturated heterocycles. The molecule has 5 heteroatoms. The molecule has 0 aliphatic carbocycles. The van der Waals surface area contributed by atoms with Crippen LogP contribution < -0.4 is 10.6 Å². The van der Waals surface area contributed by atoms with Crippen LogP contribution in [0.3, 0.4) is 0 Å². The van der Waals surface area contributed by atoms with E-state index in [1.54, 1.807) is 12.4 Å². The number of hydrogen-bond donors (Lipinski definition) is 2. The number of amides is 2. The maximum Gasteiger partial charge on any atom is 0.242 e. The fraction of sp³-hybridized carbons (Fsp3) is 0.500. The van der Waals surface area contributed by atoms with E-state index in [1.807, 2.05) is 26.0 Å². The first-order valence-corrected chi connectivity index (χ1v) is 6.44. The van der Waals surface area contributed by atoms with Crippen molar-refractivity contribution in [1.29, 1.82) is 0 Å². The third-order valence-corrected chi connectivity index (χ3v) is 2.74. The predicted octanol–water partition coefficient (Wildman–Crippen LogP) is 0.901. The van der Waals surface area contributed by atoms with Gasteiger partial charge < -0.3 is 10.6 Å². The zero-order chi connectivity index (χ0) is 14.3. The lowest BCUT2D eigenvalue weighted by Gasteiger charge is -2.20. The van der Waals surface area contributed by atoms with Crippen LogP contribution in [0, 0.1) is 5.92 Å². The van der Waals surface area contributed by atoms with Crippen molar-refractivity contribution in [1.82, 2.24) is 15.6 Å². The first-order chi connectivity index (χ1) is 9.00. The summed E-state index contributed by atoms with van der Waals surface area (Å²) in [5, 5.41) is 5.50. The van der Waals surface area contributed by atoms with Gasteiger partial charge in [0.2, 0.25) is 11.8 Å². The van der Waals surface area contributed by atoms with Crippen molar-refractivity contribution in [2.24, 2.45) is 5.92 Å². The highest BCUT2D eigenvalue weighted by Crippen LogP contribution is 2.02. The highest BCUT2D eigenvalue weighted by Gasteiger charge is 2.22. The summed E-state index contributed by atoms with van der Waals surface area (Å²) in [6.07, 6.45) is 4.22. The molecule has 1 aromatic rings. The Bertz CT molecular complexity index is 418. The van der Waals surface area contributed by atoms with Crippen LogP contribution in [0.1, 0.15) is 26.3 Å². The number of rotatable bonds is 6. The van der Waals surface area contributed by atoms with Crippen LogP contribution in [0.25, 0.3) is 0 Å². The highest BCUT2D eigenvalue weighted by atomic mass is 16.2. The van der Waals surface area contributed by atoms with Crippen molar-refractivity contribution < 1.29 is 9.59 Å². The summed E-state index contributed by atoms with van der Waals surface area (Å²) in [4.78, 5) is 27.0. The normalized spacial score (nSPS) is 12.0. The van der Waals surface area contributed by atoms with Crippen LogP contribution in [-0.4, -0.2) is 29.4 Å². The van der Waals surface area contributed by atoms with Gasteiger partial charge in [0, 0.05) is 25.9 Å². The number of pyridine rings is 1. The topological polar surface area (TPSA) is 71.1 Å². The van der Waals surface area contributed by atoms with Crippen molar-refractivity contribution in [3.63, 3.8) is 0 Å². The van der Waals surface area contributed by atoms with E-state index in [4.69, 9.17) is 0 Å². The molecular formula is C14H21N3O2. The predicted molar refractivity (Wildman–Crippen MR) is 73.4 cm³/mol. The summed E-state index contributed by atoms with van der Waals surface area (Å²) in [6.45, 7) is 5.76. The van der Waals surface area contributed by atoms with Crippen LogP contribution in [0.4, 0.5) is 0 Å². The van der Waals surface area contributed by atoms with Crippen LogP contribution in [0.2, 0.25) is 0 Å². The van der Waals surface area contributed by atoms with Gasteiger partial charge in [-0.2, -0.15) is 0 Å². The van der Waals surface area contributed by atoms with Gasteiger partial charge in [0.05, 0.1) is 0 Å². The standard InChI is InChI=1S/C14H21N3O2/c1-10(2)13(17-11(3)18)14(19)16-8-6-12-5-4-7-15-9-12/h4-5,7,9-10,13H,6,8H2,1-3H3,(H,16,19)(H,17,18). The molecule has 1 atom stereocenters. The average Bonchev–Trinajstić information content (AvgIpc) is 2.36. The molecule has 1 aromatic heterocycles. The zero-order valence-corrected chi connectivity index (χ0v) is 11.6. The molecule has 0 saturated carbocycles. The summed E-state index contributed by atoms with van der Waals surface area (Å²) >= 11 is 0. The lowest BCUT2D eigenvalue weighted by molar-refractivity contribution is -0.129. The van der Waals surface area contributed by atoms with Gasteiger partial charge in [-0.1, -0.05) is 19.9 Å². The molecule has 2 N–H and O–H groups in total. The smallest absolute Gasteiger partial charge is 0.242 e. The maximum absolute atomic E-state index is 12.0. The highest BCUT2D eigenvalue weighted by molar-refractivity contribution is 5.87. The van der Waals surface area contributed by atoms with E-state index >= 15 is 0 Å². The molecule has 104 valence electrons. The fourth-order valence-corrected chi connectivity index (χ4v) is 1.74. The molecular weight excluding hydrogens is 242 g/mol. The summed E-state index contributed by atoms with van der Waals surface area (Å²) in [5.74, 6) is -0.280. The Morgan fingerprint density at radius 1 is 1.37 bits per heavy atom. The lowest BCUT2D eigenvalue weighted by atomic mass is 10.0. The third kappa shape index (κ3) is 5.50. The summed E-state index contributed by atoms with van der Waals surface area (Å²) < 4.78 is 0. The Morgan fingerprint density at radius 3 is 2.63 bits per heavy atom. The fourth-order valence-electron chi connectivity index (χ4n) is 1.74. The summed E-state index contributed by atoms with van der Waals surface area (Å²) in [7, 11) is 0. The van der Waals surface area contributed by atoms with Crippen LogP contribution in [0.5, 0.6) is 0 Å². The molecule has 0 spiro atoms. The van der Waals surface area contributed by atoms with Crippen LogP contribution in [0.15, 0.2) is 24.5 Å². The largest absolute Gasteiger partial charge is 0.354 e. The number of carbonyl (C=O) groups excluding carboxylic acids is 2. The number of hydrogen-bond acceptors (Lipinski definition) is 3. The average molecular weight is 263 g/mol. The van der Waals surface area contributed by atoms with Crippen molar-refractivity contribution in [3.8, 4) is 0 Å². The van der Waals surface area contributed by atoms with E-state index in [9.17, 15) is 9.59 Å². The number of nitrogens with one attached hydrogen (secondary N) is 2. The van der Waals surface area contributed by atoms with Crippen molar-refractivity contribution in [3.05, 3.63) is 30.1 Å². The maximum atomic E-state index is 12.0. The Hall–Kier alpha value is -1.91. The zero-order valence-electron chi connectivity index (χ0n) is 11.6. The molecule has 19 heavy (non-hydrogen) atoms. The Labute approximate surface area is 113 Å². The molecule has 0 radical (unpaired) electrons. The van der Waals surface area contributed by atoms with E-state index in [1.165, 1.54) is 6.92 Å².